The first kappa shape index (κ1) is 8.28. The van der Waals surface area contributed by atoms with Gasteiger partial charge in [-0.2, -0.15) is 0 Å². The zero-order valence-electron chi connectivity index (χ0n) is 7.41. The van der Waals surface area contributed by atoms with Crippen molar-refractivity contribution in [2.24, 2.45) is 11.1 Å². The molecule has 0 atom stereocenters. The molecule has 2 heteroatoms. The zero-order chi connectivity index (χ0) is 7.83. The van der Waals surface area contributed by atoms with E-state index in [9.17, 15) is 0 Å². The van der Waals surface area contributed by atoms with Crippen molar-refractivity contribution in [2.45, 2.75) is 38.5 Å². The van der Waals surface area contributed by atoms with Crippen LogP contribution in [0.25, 0.3) is 0 Å². The maximum absolute atomic E-state index is 5.70. The molecular weight excluding hydrogens is 138 g/mol. The number of hydrogen-bond donors (Lipinski definition) is 1. The maximum atomic E-state index is 5.70. The number of hydrogen-bond acceptors (Lipinski definition) is 1. The van der Waals surface area contributed by atoms with Gasteiger partial charge < -0.3 is 5.73 Å². The highest BCUT2D eigenvalue weighted by atomic mass is 28.3. The highest BCUT2D eigenvalue weighted by Gasteiger charge is 2.43. The van der Waals surface area contributed by atoms with Gasteiger partial charge in [-0.25, -0.2) is 0 Å². The van der Waals surface area contributed by atoms with E-state index in [2.05, 4.69) is 19.6 Å². The van der Waals surface area contributed by atoms with Crippen molar-refractivity contribution in [1.29, 1.82) is 0 Å². The molecule has 0 heterocycles. The van der Waals surface area contributed by atoms with Gasteiger partial charge in [0.05, 0.1) is 0 Å². The SMILES string of the molecule is C[Si](C)(C)CC1(CN)CC1. The van der Waals surface area contributed by atoms with Crippen molar-refractivity contribution in [2.75, 3.05) is 6.54 Å². The topological polar surface area (TPSA) is 26.0 Å². The molecule has 0 amide bonds. The van der Waals surface area contributed by atoms with Gasteiger partial charge in [-0.05, 0) is 24.8 Å². The lowest BCUT2D eigenvalue weighted by Gasteiger charge is -2.22. The minimum Gasteiger partial charge on any atom is -0.330 e. The average molecular weight is 157 g/mol. The molecule has 1 fully saturated rings. The van der Waals surface area contributed by atoms with Crippen LogP contribution >= 0.6 is 0 Å². The normalized spacial score (nSPS) is 22.8. The van der Waals surface area contributed by atoms with Gasteiger partial charge in [0.2, 0.25) is 0 Å². The van der Waals surface area contributed by atoms with E-state index in [1.165, 1.54) is 18.9 Å². The molecule has 0 bridgehead atoms. The van der Waals surface area contributed by atoms with E-state index in [0.29, 0.717) is 5.41 Å². The fourth-order valence-corrected chi connectivity index (χ4v) is 4.50. The quantitative estimate of drug-likeness (QED) is 0.624. The molecule has 2 N–H and O–H groups in total. The summed E-state index contributed by atoms with van der Waals surface area (Å²) in [6.45, 7) is 8.23. The summed E-state index contributed by atoms with van der Waals surface area (Å²) in [5.74, 6) is 0. The predicted octanol–water partition coefficient (Wildman–Crippen LogP) is 2.06. The Labute approximate surface area is 65.0 Å². The molecule has 0 saturated heterocycles. The van der Waals surface area contributed by atoms with Gasteiger partial charge in [0.25, 0.3) is 0 Å². The second kappa shape index (κ2) is 2.34. The maximum Gasteiger partial charge on any atom is 0.0448 e. The third-order valence-corrected chi connectivity index (χ3v) is 4.11. The molecule has 1 saturated carbocycles. The lowest BCUT2D eigenvalue weighted by molar-refractivity contribution is 0.578. The summed E-state index contributed by atoms with van der Waals surface area (Å²) in [6.07, 6.45) is 2.79. The first-order valence-corrected chi connectivity index (χ1v) is 7.88. The van der Waals surface area contributed by atoms with Gasteiger partial charge in [-0.1, -0.05) is 25.7 Å². The van der Waals surface area contributed by atoms with Crippen LogP contribution in [0.1, 0.15) is 12.8 Å². The van der Waals surface area contributed by atoms with Crippen molar-refractivity contribution in [3.63, 3.8) is 0 Å². The van der Waals surface area contributed by atoms with E-state index in [0.717, 1.165) is 6.54 Å². The Bertz CT molecular complexity index is 122. The van der Waals surface area contributed by atoms with Crippen molar-refractivity contribution in [1.82, 2.24) is 0 Å². The van der Waals surface area contributed by atoms with Crippen LogP contribution in [0.2, 0.25) is 25.7 Å². The number of nitrogens with two attached hydrogens (primary N) is 1. The van der Waals surface area contributed by atoms with Gasteiger partial charge >= 0.3 is 0 Å². The lowest BCUT2D eigenvalue weighted by atomic mass is 10.1. The van der Waals surface area contributed by atoms with Crippen LogP contribution in [-0.2, 0) is 0 Å². The van der Waals surface area contributed by atoms with E-state index in [-0.39, 0.29) is 0 Å². The molecule has 1 aliphatic carbocycles. The molecule has 0 aromatic heterocycles. The summed E-state index contributed by atoms with van der Waals surface area (Å²) in [5, 5.41) is 0. The summed E-state index contributed by atoms with van der Waals surface area (Å²) in [7, 11) is -0.831. The van der Waals surface area contributed by atoms with Gasteiger partial charge in [0.15, 0.2) is 0 Å². The Morgan fingerprint density at radius 2 is 1.80 bits per heavy atom. The van der Waals surface area contributed by atoms with Crippen LogP contribution in [0, 0.1) is 5.41 Å². The van der Waals surface area contributed by atoms with E-state index in [1.807, 2.05) is 0 Å². The molecule has 0 unspecified atom stereocenters. The first-order chi connectivity index (χ1) is 4.47. The molecule has 0 spiro atoms. The fourth-order valence-electron chi connectivity index (χ4n) is 1.75. The van der Waals surface area contributed by atoms with Crippen LogP contribution in [-0.4, -0.2) is 14.6 Å². The van der Waals surface area contributed by atoms with Crippen molar-refractivity contribution in [3.8, 4) is 0 Å². The van der Waals surface area contributed by atoms with Gasteiger partial charge in [0, 0.05) is 8.07 Å². The molecule has 0 aliphatic heterocycles. The minimum absolute atomic E-state index is 0.616. The lowest BCUT2D eigenvalue weighted by Crippen LogP contribution is -2.28. The molecule has 0 aromatic carbocycles. The summed E-state index contributed by atoms with van der Waals surface area (Å²) in [4.78, 5) is 0. The monoisotopic (exact) mass is 157 g/mol. The van der Waals surface area contributed by atoms with E-state index < -0.39 is 8.07 Å². The highest BCUT2D eigenvalue weighted by Crippen LogP contribution is 2.50. The van der Waals surface area contributed by atoms with Crippen molar-refractivity contribution in [3.05, 3.63) is 0 Å². The van der Waals surface area contributed by atoms with E-state index in [1.54, 1.807) is 0 Å². The van der Waals surface area contributed by atoms with Gasteiger partial charge in [-0.3, -0.25) is 0 Å². The van der Waals surface area contributed by atoms with E-state index >= 15 is 0 Å². The molecule has 60 valence electrons. The average Bonchev–Trinajstić information content (AvgIpc) is 2.45. The molecule has 1 nitrogen and oxygen atoms in total. The highest BCUT2D eigenvalue weighted by molar-refractivity contribution is 6.76. The largest absolute Gasteiger partial charge is 0.330 e. The summed E-state index contributed by atoms with van der Waals surface area (Å²) in [5.41, 5.74) is 6.31. The Morgan fingerprint density at radius 3 is 1.90 bits per heavy atom. The van der Waals surface area contributed by atoms with Crippen molar-refractivity contribution >= 4 is 8.07 Å². The summed E-state index contributed by atoms with van der Waals surface area (Å²) < 4.78 is 0. The third kappa shape index (κ3) is 2.10. The molecule has 0 aromatic rings. The molecule has 10 heavy (non-hydrogen) atoms. The second-order valence-corrected chi connectivity index (χ2v) is 10.4. The third-order valence-electron chi connectivity index (χ3n) is 2.30. The Morgan fingerprint density at radius 1 is 1.30 bits per heavy atom. The Kier molecular flexibility index (Phi) is 1.94. The standard InChI is InChI=1S/C8H19NSi/c1-10(2,3)7-8(6-9)4-5-8/h4-7,9H2,1-3H3. The van der Waals surface area contributed by atoms with Crippen molar-refractivity contribution < 1.29 is 0 Å². The van der Waals surface area contributed by atoms with Crippen LogP contribution < -0.4 is 5.73 Å². The minimum atomic E-state index is -0.831. The van der Waals surface area contributed by atoms with Gasteiger partial charge in [-0.15, -0.1) is 0 Å². The fraction of sp³-hybridized carbons (Fsp3) is 1.00. The van der Waals surface area contributed by atoms with Gasteiger partial charge in [0.1, 0.15) is 0 Å². The van der Waals surface area contributed by atoms with Crippen LogP contribution in [0.3, 0.4) is 0 Å². The van der Waals surface area contributed by atoms with Crippen LogP contribution in [0.15, 0.2) is 0 Å². The smallest absolute Gasteiger partial charge is 0.0448 e. The second-order valence-electron chi connectivity index (χ2n) is 4.94. The molecule has 1 aliphatic rings. The molecule has 1 rings (SSSR count). The summed E-state index contributed by atoms with van der Waals surface area (Å²) in [6, 6.07) is 1.44. The van der Waals surface area contributed by atoms with E-state index in [4.69, 9.17) is 5.73 Å². The van der Waals surface area contributed by atoms with Crippen LogP contribution in [0.5, 0.6) is 0 Å². The van der Waals surface area contributed by atoms with Crippen LogP contribution in [0.4, 0.5) is 0 Å². The predicted molar refractivity (Wildman–Crippen MR) is 48.9 cm³/mol. The Hall–Kier alpha value is 0.177. The first-order valence-electron chi connectivity index (χ1n) is 4.18. The number of rotatable bonds is 3. The molecule has 0 radical (unpaired) electrons. The summed E-state index contributed by atoms with van der Waals surface area (Å²) >= 11 is 0. The Balaban J connectivity index is 2.38. The molecular formula is C8H19NSi. The zero-order valence-corrected chi connectivity index (χ0v) is 8.41.